The molecule has 0 saturated carbocycles. The summed E-state index contributed by atoms with van der Waals surface area (Å²) in [5.74, 6) is 0.863. The molecule has 3 rings (SSSR count). The number of hydrogen-bond acceptors (Lipinski definition) is 4. The summed E-state index contributed by atoms with van der Waals surface area (Å²) in [7, 11) is 2.21. The van der Waals surface area contributed by atoms with E-state index in [-0.39, 0.29) is 0 Å². The van der Waals surface area contributed by atoms with Crippen LogP contribution in [-0.2, 0) is 6.54 Å². The Morgan fingerprint density at radius 2 is 2.50 bits per heavy atom. The molecule has 88 valence electrons. The van der Waals surface area contributed by atoms with Gasteiger partial charge in [-0.15, -0.1) is 11.3 Å². The molecule has 4 heteroatoms. The van der Waals surface area contributed by atoms with Gasteiger partial charge < -0.3 is 10.2 Å². The molecule has 0 aromatic carbocycles. The van der Waals surface area contributed by atoms with Gasteiger partial charge in [0.05, 0.1) is 11.2 Å². The van der Waals surface area contributed by atoms with E-state index in [0.717, 1.165) is 24.5 Å². The SMILES string of the molecule is CN(Cc1cscn1)CC1CC2CCC1N2. The minimum Gasteiger partial charge on any atom is -0.311 e. The van der Waals surface area contributed by atoms with E-state index < -0.39 is 0 Å². The Balaban J connectivity index is 1.51. The molecule has 2 aliphatic heterocycles. The molecule has 0 aliphatic carbocycles. The van der Waals surface area contributed by atoms with Crippen LogP contribution in [0.2, 0.25) is 0 Å². The molecule has 3 unspecified atom stereocenters. The summed E-state index contributed by atoms with van der Waals surface area (Å²) in [4.78, 5) is 6.76. The van der Waals surface area contributed by atoms with Crippen molar-refractivity contribution in [3.8, 4) is 0 Å². The van der Waals surface area contributed by atoms with Gasteiger partial charge in [0, 0.05) is 30.6 Å². The molecule has 3 nitrogen and oxygen atoms in total. The van der Waals surface area contributed by atoms with Gasteiger partial charge in [0.2, 0.25) is 0 Å². The van der Waals surface area contributed by atoms with Gasteiger partial charge in [0.1, 0.15) is 0 Å². The lowest BCUT2D eigenvalue weighted by Gasteiger charge is -2.25. The van der Waals surface area contributed by atoms with Crippen molar-refractivity contribution in [3.63, 3.8) is 0 Å². The second kappa shape index (κ2) is 4.43. The van der Waals surface area contributed by atoms with Gasteiger partial charge in [-0.1, -0.05) is 0 Å². The summed E-state index contributed by atoms with van der Waals surface area (Å²) in [6, 6.07) is 1.62. The largest absolute Gasteiger partial charge is 0.311 e. The second-order valence-corrected chi connectivity index (χ2v) is 5.94. The van der Waals surface area contributed by atoms with Crippen molar-refractivity contribution < 1.29 is 0 Å². The summed E-state index contributed by atoms with van der Waals surface area (Å²) in [6.07, 6.45) is 4.17. The molecule has 0 spiro atoms. The predicted octanol–water partition coefficient (Wildman–Crippen LogP) is 1.72. The second-order valence-electron chi connectivity index (χ2n) is 5.22. The van der Waals surface area contributed by atoms with Gasteiger partial charge in [0.15, 0.2) is 0 Å². The summed E-state index contributed by atoms with van der Waals surface area (Å²) in [5.41, 5.74) is 3.13. The quantitative estimate of drug-likeness (QED) is 0.864. The average molecular weight is 237 g/mol. The monoisotopic (exact) mass is 237 g/mol. The first kappa shape index (κ1) is 10.7. The lowest BCUT2D eigenvalue weighted by molar-refractivity contribution is 0.241. The number of thiazole rings is 1. The fraction of sp³-hybridized carbons (Fsp3) is 0.750. The van der Waals surface area contributed by atoms with E-state index in [1.165, 1.54) is 31.5 Å². The van der Waals surface area contributed by atoms with Crippen molar-refractivity contribution in [2.75, 3.05) is 13.6 Å². The molecular weight excluding hydrogens is 218 g/mol. The third kappa shape index (κ3) is 2.14. The third-order valence-electron chi connectivity index (χ3n) is 3.89. The smallest absolute Gasteiger partial charge is 0.0795 e. The van der Waals surface area contributed by atoms with Gasteiger partial charge >= 0.3 is 0 Å². The first-order valence-corrected chi connectivity index (χ1v) is 7.07. The van der Waals surface area contributed by atoms with Crippen molar-refractivity contribution >= 4 is 11.3 Å². The Hall–Kier alpha value is -0.450. The highest BCUT2D eigenvalue weighted by Crippen LogP contribution is 2.33. The zero-order valence-electron chi connectivity index (χ0n) is 9.72. The Labute approximate surface area is 101 Å². The van der Waals surface area contributed by atoms with E-state index >= 15 is 0 Å². The number of rotatable bonds is 4. The highest BCUT2D eigenvalue weighted by Gasteiger charge is 2.39. The van der Waals surface area contributed by atoms with Gasteiger partial charge in [0.25, 0.3) is 0 Å². The summed E-state index contributed by atoms with van der Waals surface area (Å²) in [5, 5.41) is 5.85. The van der Waals surface area contributed by atoms with Crippen LogP contribution < -0.4 is 5.32 Å². The maximum Gasteiger partial charge on any atom is 0.0795 e. The first-order chi connectivity index (χ1) is 7.81. The first-order valence-electron chi connectivity index (χ1n) is 6.13. The van der Waals surface area contributed by atoms with E-state index in [9.17, 15) is 0 Å². The third-order valence-corrected chi connectivity index (χ3v) is 4.53. The van der Waals surface area contributed by atoms with Gasteiger partial charge in [-0.25, -0.2) is 4.98 Å². The van der Waals surface area contributed by atoms with Crippen LogP contribution in [0, 0.1) is 5.92 Å². The maximum absolute atomic E-state index is 4.34. The van der Waals surface area contributed by atoms with Crippen LogP contribution in [0.5, 0.6) is 0 Å². The summed E-state index contributed by atoms with van der Waals surface area (Å²) < 4.78 is 0. The molecule has 2 bridgehead atoms. The number of hydrogen-bond donors (Lipinski definition) is 1. The zero-order valence-corrected chi connectivity index (χ0v) is 10.5. The van der Waals surface area contributed by atoms with Crippen LogP contribution >= 0.6 is 11.3 Å². The van der Waals surface area contributed by atoms with E-state index in [0.29, 0.717) is 0 Å². The van der Waals surface area contributed by atoms with E-state index in [1.807, 2.05) is 5.51 Å². The predicted molar refractivity (Wildman–Crippen MR) is 66.5 cm³/mol. The minimum atomic E-state index is 0.794. The molecule has 2 saturated heterocycles. The highest BCUT2D eigenvalue weighted by molar-refractivity contribution is 7.07. The van der Waals surface area contributed by atoms with E-state index in [4.69, 9.17) is 0 Å². The van der Waals surface area contributed by atoms with Crippen molar-refractivity contribution in [1.82, 2.24) is 15.2 Å². The van der Waals surface area contributed by atoms with Gasteiger partial charge in [-0.3, -0.25) is 0 Å². The van der Waals surface area contributed by atoms with Crippen LogP contribution in [0.25, 0.3) is 0 Å². The Morgan fingerprint density at radius 1 is 1.56 bits per heavy atom. The molecule has 16 heavy (non-hydrogen) atoms. The van der Waals surface area contributed by atoms with Crippen LogP contribution in [0.4, 0.5) is 0 Å². The van der Waals surface area contributed by atoms with Crippen LogP contribution in [-0.4, -0.2) is 35.6 Å². The van der Waals surface area contributed by atoms with Crippen molar-refractivity contribution in [1.29, 1.82) is 0 Å². The molecule has 2 fully saturated rings. The van der Waals surface area contributed by atoms with Crippen molar-refractivity contribution in [2.24, 2.45) is 5.92 Å². The average Bonchev–Trinajstić information content (AvgIpc) is 2.92. The topological polar surface area (TPSA) is 28.2 Å². The van der Waals surface area contributed by atoms with Crippen LogP contribution in [0.1, 0.15) is 25.0 Å². The normalized spacial score (nSPS) is 32.8. The zero-order chi connectivity index (χ0) is 11.0. The molecule has 1 aromatic rings. The Bertz CT molecular complexity index is 338. The molecule has 1 aromatic heterocycles. The number of nitrogens with one attached hydrogen (secondary N) is 1. The lowest BCUT2D eigenvalue weighted by atomic mass is 9.89. The lowest BCUT2D eigenvalue weighted by Crippen LogP contribution is -2.32. The van der Waals surface area contributed by atoms with Gasteiger partial charge in [-0.2, -0.15) is 0 Å². The molecule has 2 aliphatic rings. The highest BCUT2D eigenvalue weighted by atomic mass is 32.1. The summed E-state index contributed by atoms with van der Waals surface area (Å²) in [6.45, 7) is 2.21. The number of fused-ring (bicyclic) bond motifs is 2. The standard InChI is InChI=1S/C12H19N3S/c1-15(6-11-7-16-8-13-11)5-9-4-10-2-3-12(9)14-10/h7-10,12,14H,2-6H2,1H3. The molecular formula is C12H19N3S. The number of nitrogens with zero attached hydrogens (tertiary/aromatic N) is 2. The van der Waals surface area contributed by atoms with Crippen LogP contribution in [0.3, 0.4) is 0 Å². The molecule has 3 atom stereocenters. The Morgan fingerprint density at radius 3 is 3.12 bits per heavy atom. The Kier molecular flexibility index (Phi) is 2.96. The maximum atomic E-state index is 4.34. The molecule has 1 N–H and O–H groups in total. The van der Waals surface area contributed by atoms with Crippen LogP contribution in [0.15, 0.2) is 10.9 Å². The van der Waals surface area contributed by atoms with E-state index in [2.05, 4.69) is 27.6 Å². The molecule has 0 radical (unpaired) electrons. The van der Waals surface area contributed by atoms with E-state index in [1.54, 1.807) is 11.3 Å². The van der Waals surface area contributed by atoms with Crippen molar-refractivity contribution in [3.05, 3.63) is 16.6 Å². The number of aromatic nitrogens is 1. The fourth-order valence-electron chi connectivity index (χ4n) is 3.20. The van der Waals surface area contributed by atoms with Crippen molar-refractivity contribution in [2.45, 2.75) is 37.9 Å². The summed E-state index contributed by atoms with van der Waals surface area (Å²) >= 11 is 1.69. The minimum absolute atomic E-state index is 0.794. The fourth-order valence-corrected chi connectivity index (χ4v) is 3.75. The molecule has 3 heterocycles. The molecule has 0 amide bonds. The van der Waals surface area contributed by atoms with Gasteiger partial charge in [-0.05, 0) is 32.2 Å².